The van der Waals surface area contributed by atoms with E-state index in [9.17, 15) is 0 Å². The van der Waals surface area contributed by atoms with Gasteiger partial charge in [0.2, 0.25) is 0 Å². The minimum atomic E-state index is 0.404. The molecule has 0 aliphatic carbocycles. The maximum Gasteiger partial charge on any atom is 0.191 e. The minimum absolute atomic E-state index is 0.404. The Bertz CT molecular complexity index is 1010. The molecular formula is C23H22BrN3O2S. The Labute approximate surface area is 190 Å². The zero-order valence-corrected chi connectivity index (χ0v) is 18.9. The van der Waals surface area contributed by atoms with Crippen molar-refractivity contribution in [3.8, 4) is 11.5 Å². The third-order valence-corrected chi connectivity index (χ3v) is 4.66. The van der Waals surface area contributed by atoms with E-state index in [1.54, 1.807) is 6.21 Å². The molecule has 0 aromatic heterocycles. The van der Waals surface area contributed by atoms with Crippen LogP contribution in [-0.4, -0.2) is 24.5 Å². The Hall–Kier alpha value is -2.90. The number of hydrazone groups is 1. The fraction of sp³-hybridized carbons (Fsp3) is 0.130. The lowest BCUT2D eigenvalue weighted by Crippen LogP contribution is -2.23. The number of nitrogens with zero attached hydrogens (tertiary/aromatic N) is 1. The van der Waals surface area contributed by atoms with Gasteiger partial charge in [-0.05, 0) is 67.2 Å². The van der Waals surface area contributed by atoms with E-state index in [-0.39, 0.29) is 0 Å². The maximum atomic E-state index is 5.88. The molecule has 0 saturated heterocycles. The van der Waals surface area contributed by atoms with Crippen molar-refractivity contribution in [1.82, 2.24) is 5.43 Å². The smallest absolute Gasteiger partial charge is 0.191 e. The number of nitrogens with one attached hydrogen (secondary N) is 2. The lowest BCUT2D eigenvalue weighted by molar-refractivity contribution is 0.217. The van der Waals surface area contributed by atoms with Crippen LogP contribution in [0.2, 0.25) is 0 Å². The third kappa shape index (κ3) is 7.17. The first-order valence-electron chi connectivity index (χ1n) is 9.37. The van der Waals surface area contributed by atoms with E-state index in [0.717, 1.165) is 27.0 Å². The van der Waals surface area contributed by atoms with Crippen LogP contribution in [0.1, 0.15) is 11.1 Å². The van der Waals surface area contributed by atoms with E-state index in [0.29, 0.717) is 24.1 Å². The zero-order chi connectivity index (χ0) is 21.2. The van der Waals surface area contributed by atoms with E-state index >= 15 is 0 Å². The number of hydrogen-bond donors (Lipinski definition) is 2. The Balaban J connectivity index is 1.52. The molecule has 5 nitrogen and oxygen atoms in total. The second-order valence-corrected chi connectivity index (χ2v) is 7.71. The van der Waals surface area contributed by atoms with E-state index in [1.165, 1.54) is 0 Å². The summed E-state index contributed by atoms with van der Waals surface area (Å²) in [5.74, 6) is 1.54. The van der Waals surface area contributed by atoms with E-state index < -0.39 is 0 Å². The molecule has 2 N–H and O–H groups in total. The van der Waals surface area contributed by atoms with Gasteiger partial charge in [-0.2, -0.15) is 5.10 Å². The van der Waals surface area contributed by atoms with Gasteiger partial charge < -0.3 is 14.8 Å². The first-order valence-corrected chi connectivity index (χ1v) is 10.6. The molecule has 0 amide bonds. The monoisotopic (exact) mass is 483 g/mol. The Morgan fingerprint density at radius 2 is 1.80 bits per heavy atom. The standard InChI is InChI=1S/C23H22BrN3O2S/c1-17-6-5-9-21(14-17)28-12-13-29-22-11-10-19(24)15-18(22)16-25-27-23(30)26-20-7-3-2-4-8-20/h2-11,14-16H,12-13H2,1H3,(H2,26,27,30)/b25-16+. The molecule has 0 atom stereocenters. The van der Waals surface area contributed by atoms with E-state index in [4.69, 9.17) is 21.7 Å². The highest BCUT2D eigenvalue weighted by Gasteiger charge is 2.04. The molecule has 0 radical (unpaired) electrons. The normalized spacial score (nSPS) is 10.6. The molecule has 0 aliphatic rings. The van der Waals surface area contributed by atoms with Crippen molar-refractivity contribution in [2.75, 3.05) is 18.5 Å². The van der Waals surface area contributed by atoms with Gasteiger partial charge in [-0.15, -0.1) is 0 Å². The number of benzene rings is 3. The maximum absolute atomic E-state index is 5.88. The Morgan fingerprint density at radius 1 is 1.00 bits per heavy atom. The Kier molecular flexibility index (Phi) is 8.23. The van der Waals surface area contributed by atoms with Crippen molar-refractivity contribution in [2.24, 2.45) is 5.10 Å². The van der Waals surface area contributed by atoms with Gasteiger partial charge in [0.15, 0.2) is 5.11 Å². The highest BCUT2D eigenvalue weighted by molar-refractivity contribution is 9.10. The summed E-state index contributed by atoms with van der Waals surface area (Å²) < 4.78 is 12.5. The van der Waals surface area contributed by atoms with Gasteiger partial charge >= 0.3 is 0 Å². The largest absolute Gasteiger partial charge is 0.490 e. The molecule has 0 unspecified atom stereocenters. The predicted molar refractivity (Wildman–Crippen MR) is 130 cm³/mol. The average molecular weight is 484 g/mol. The van der Waals surface area contributed by atoms with Gasteiger partial charge in [0.1, 0.15) is 24.7 Å². The number of rotatable bonds is 8. The first-order chi connectivity index (χ1) is 14.6. The summed E-state index contributed by atoms with van der Waals surface area (Å²) in [6.45, 7) is 2.89. The minimum Gasteiger partial charge on any atom is -0.490 e. The van der Waals surface area contributed by atoms with Gasteiger partial charge in [0, 0.05) is 15.7 Å². The molecule has 154 valence electrons. The van der Waals surface area contributed by atoms with Crippen LogP contribution in [0, 0.1) is 6.92 Å². The van der Waals surface area contributed by atoms with Gasteiger partial charge in [0.25, 0.3) is 0 Å². The molecule has 0 spiro atoms. The molecule has 3 rings (SSSR count). The number of thiocarbonyl (C=S) groups is 1. The number of ether oxygens (including phenoxy) is 2. The van der Waals surface area contributed by atoms with Crippen molar-refractivity contribution in [3.05, 3.63) is 88.4 Å². The molecule has 0 aliphatic heterocycles. The SMILES string of the molecule is Cc1cccc(OCCOc2ccc(Br)cc2/C=N/NC(=S)Nc2ccccc2)c1. The summed E-state index contributed by atoms with van der Waals surface area (Å²) in [7, 11) is 0. The predicted octanol–water partition coefficient (Wildman–Crippen LogP) is 5.54. The summed E-state index contributed by atoms with van der Waals surface area (Å²) in [6.07, 6.45) is 1.67. The molecule has 7 heteroatoms. The van der Waals surface area contributed by atoms with Crippen LogP contribution in [0.15, 0.2) is 82.4 Å². The summed E-state index contributed by atoms with van der Waals surface area (Å²) in [4.78, 5) is 0. The molecule has 3 aromatic carbocycles. The van der Waals surface area contributed by atoms with Gasteiger partial charge in [0.05, 0.1) is 6.21 Å². The second kappa shape index (κ2) is 11.3. The van der Waals surface area contributed by atoms with Crippen LogP contribution in [-0.2, 0) is 0 Å². The molecule has 30 heavy (non-hydrogen) atoms. The lowest BCUT2D eigenvalue weighted by Gasteiger charge is -2.11. The second-order valence-electron chi connectivity index (χ2n) is 6.39. The topological polar surface area (TPSA) is 54.9 Å². The Morgan fingerprint density at radius 3 is 2.60 bits per heavy atom. The summed E-state index contributed by atoms with van der Waals surface area (Å²) in [6, 6.07) is 23.3. The number of anilines is 1. The average Bonchev–Trinajstić information content (AvgIpc) is 2.73. The van der Waals surface area contributed by atoms with Crippen molar-refractivity contribution >= 4 is 45.2 Å². The number of para-hydroxylation sites is 1. The van der Waals surface area contributed by atoms with Crippen molar-refractivity contribution in [2.45, 2.75) is 6.92 Å². The molecule has 3 aromatic rings. The van der Waals surface area contributed by atoms with Crippen LogP contribution >= 0.6 is 28.1 Å². The van der Waals surface area contributed by atoms with Crippen LogP contribution in [0.25, 0.3) is 0 Å². The fourth-order valence-corrected chi connectivity index (χ4v) is 3.16. The first kappa shape index (κ1) is 21.8. The van der Waals surface area contributed by atoms with Crippen molar-refractivity contribution in [3.63, 3.8) is 0 Å². The van der Waals surface area contributed by atoms with Crippen LogP contribution in [0.3, 0.4) is 0 Å². The van der Waals surface area contributed by atoms with Gasteiger partial charge in [-0.3, -0.25) is 5.43 Å². The highest BCUT2D eigenvalue weighted by atomic mass is 79.9. The van der Waals surface area contributed by atoms with Crippen molar-refractivity contribution in [1.29, 1.82) is 0 Å². The quantitative estimate of drug-likeness (QED) is 0.191. The molecule has 0 fully saturated rings. The van der Waals surface area contributed by atoms with Crippen LogP contribution < -0.4 is 20.2 Å². The summed E-state index contributed by atoms with van der Waals surface area (Å²) >= 11 is 8.74. The molecule has 0 saturated carbocycles. The number of halogens is 1. The van der Waals surface area contributed by atoms with Gasteiger partial charge in [-0.25, -0.2) is 0 Å². The number of hydrogen-bond acceptors (Lipinski definition) is 4. The number of aryl methyl sites for hydroxylation is 1. The van der Waals surface area contributed by atoms with Crippen LogP contribution in [0.4, 0.5) is 5.69 Å². The van der Waals surface area contributed by atoms with Gasteiger partial charge in [-0.1, -0.05) is 46.3 Å². The summed E-state index contributed by atoms with van der Waals surface area (Å²) in [5, 5.41) is 7.68. The molecular weight excluding hydrogens is 462 g/mol. The molecule has 0 bridgehead atoms. The van der Waals surface area contributed by atoms with E-state index in [1.807, 2.05) is 79.7 Å². The van der Waals surface area contributed by atoms with Crippen molar-refractivity contribution < 1.29 is 9.47 Å². The third-order valence-electron chi connectivity index (χ3n) is 3.97. The van der Waals surface area contributed by atoms with E-state index in [2.05, 4.69) is 31.8 Å². The highest BCUT2D eigenvalue weighted by Crippen LogP contribution is 2.22. The fourth-order valence-electron chi connectivity index (χ4n) is 2.61. The zero-order valence-electron chi connectivity index (χ0n) is 16.5. The lowest BCUT2D eigenvalue weighted by atomic mass is 10.2. The molecule has 0 heterocycles. The summed E-state index contributed by atoms with van der Waals surface area (Å²) in [5.41, 5.74) is 5.68. The van der Waals surface area contributed by atoms with Crippen LogP contribution in [0.5, 0.6) is 11.5 Å².